The molecule has 0 spiro atoms. The Bertz CT molecular complexity index is 790. The summed E-state index contributed by atoms with van der Waals surface area (Å²) in [7, 11) is 1.92. The first kappa shape index (κ1) is 13.0. The Balaban J connectivity index is 2.24. The number of phenols is 1. The van der Waals surface area contributed by atoms with Crippen molar-refractivity contribution in [1.82, 2.24) is 0 Å². The molecule has 2 heterocycles. The summed E-state index contributed by atoms with van der Waals surface area (Å²) in [6, 6.07) is 10.8. The lowest BCUT2D eigenvalue weighted by atomic mass is 9.84. The standard InChI is InChI=1S/C16H13N3O2/c1-19-6-2-3-10(9-19)15-12-5-4-11(20)7-14(12)21-16(18)13(15)8-17/h2-7,9,15H,18H2,1H3/p+1/t15-/m0/s1. The molecule has 3 N–H and O–H groups in total. The lowest BCUT2D eigenvalue weighted by molar-refractivity contribution is -0.671. The molecule has 2 aromatic rings. The van der Waals surface area contributed by atoms with E-state index in [-0.39, 0.29) is 17.6 Å². The molecule has 1 aromatic heterocycles. The molecule has 0 unspecified atom stereocenters. The van der Waals surface area contributed by atoms with Gasteiger partial charge in [0.05, 0.1) is 5.92 Å². The number of aromatic hydroxyl groups is 1. The third-order valence-corrected chi connectivity index (χ3v) is 3.50. The molecule has 1 aromatic carbocycles. The fourth-order valence-corrected chi connectivity index (χ4v) is 2.57. The van der Waals surface area contributed by atoms with Crippen LogP contribution in [-0.2, 0) is 7.05 Å². The number of rotatable bonds is 1. The first-order chi connectivity index (χ1) is 10.1. The van der Waals surface area contributed by atoms with Gasteiger partial charge >= 0.3 is 0 Å². The Kier molecular flexibility index (Phi) is 2.99. The summed E-state index contributed by atoms with van der Waals surface area (Å²) < 4.78 is 7.38. The summed E-state index contributed by atoms with van der Waals surface area (Å²) >= 11 is 0. The zero-order chi connectivity index (χ0) is 15.0. The minimum atomic E-state index is -0.299. The molecule has 0 fully saturated rings. The summed E-state index contributed by atoms with van der Waals surface area (Å²) in [5.41, 5.74) is 7.99. The summed E-state index contributed by atoms with van der Waals surface area (Å²) in [5.74, 6) is 0.348. The predicted molar refractivity (Wildman–Crippen MR) is 75.0 cm³/mol. The Morgan fingerprint density at radius 1 is 1.38 bits per heavy atom. The van der Waals surface area contributed by atoms with Crippen LogP contribution < -0.4 is 15.0 Å². The zero-order valence-electron chi connectivity index (χ0n) is 11.4. The fraction of sp³-hybridized carbons (Fsp3) is 0.125. The van der Waals surface area contributed by atoms with E-state index in [1.807, 2.05) is 36.1 Å². The van der Waals surface area contributed by atoms with E-state index in [1.165, 1.54) is 6.07 Å². The van der Waals surface area contributed by atoms with E-state index in [0.29, 0.717) is 11.3 Å². The molecule has 0 amide bonds. The van der Waals surface area contributed by atoms with E-state index in [9.17, 15) is 10.4 Å². The molecular weight excluding hydrogens is 266 g/mol. The maximum absolute atomic E-state index is 9.59. The third kappa shape index (κ3) is 2.17. The van der Waals surface area contributed by atoms with Crippen LogP contribution in [0.2, 0.25) is 0 Å². The summed E-state index contributed by atoms with van der Waals surface area (Å²) in [6.07, 6.45) is 3.86. The number of nitriles is 1. The van der Waals surface area contributed by atoms with Crippen LogP contribution in [0.4, 0.5) is 0 Å². The number of ether oxygens (including phenoxy) is 1. The van der Waals surface area contributed by atoms with E-state index in [4.69, 9.17) is 10.5 Å². The highest BCUT2D eigenvalue weighted by atomic mass is 16.5. The van der Waals surface area contributed by atoms with Gasteiger partial charge in [0, 0.05) is 23.3 Å². The molecular formula is C16H14N3O2+. The molecule has 104 valence electrons. The van der Waals surface area contributed by atoms with Crippen LogP contribution in [0, 0.1) is 11.3 Å². The van der Waals surface area contributed by atoms with Gasteiger partial charge in [-0.3, -0.25) is 0 Å². The normalized spacial score (nSPS) is 16.9. The first-order valence-electron chi connectivity index (χ1n) is 6.46. The topological polar surface area (TPSA) is 83.2 Å². The van der Waals surface area contributed by atoms with Crippen molar-refractivity contribution in [3.8, 4) is 17.6 Å². The Hall–Kier alpha value is -3.00. The average molecular weight is 280 g/mol. The molecule has 21 heavy (non-hydrogen) atoms. The maximum Gasteiger partial charge on any atom is 0.205 e. The van der Waals surface area contributed by atoms with Crippen LogP contribution in [0.1, 0.15) is 17.0 Å². The van der Waals surface area contributed by atoms with Gasteiger partial charge in [-0.2, -0.15) is 5.26 Å². The minimum absolute atomic E-state index is 0.0760. The summed E-state index contributed by atoms with van der Waals surface area (Å²) in [4.78, 5) is 0. The Morgan fingerprint density at radius 2 is 2.19 bits per heavy atom. The highest BCUT2D eigenvalue weighted by Gasteiger charge is 2.31. The number of aromatic nitrogens is 1. The van der Waals surface area contributed by atoms with E-state index in [0.717, 1.165) is 11.1 Å². The van der Waals surface area contributed by atoms with E-state index in [2.05, 4.69) is 6.07 Å². The highest BCUT2D eigenvalue weighted by molar-refractivity contribution is 5.56. The molecule has 0 aliphatic carbocycles. The fourth-order valence-electron chi connectivity index (χ4n) is 2.57. The molecule has 0 bridgehead atoms. The second-order valence-electron chi connectivity index (χ2n) is 4.95. The van der Waals surface area contributed by atoms with Crippen molar-refractivity contribution in [2.45, 2.75) is 5.92 Å². The predicted octanol–water partition coefficient (Wildman–Crippen LogP) is 1.43. The zero-order valence-corrected chi connectivity index (χ0v) is 11.4. The van der Waals surface area contributed by atoms with Crippen molar-refractivity contribution in [2.75, 3.05) is 0 Å². The lowest BCUT2D eigenvalue weighted by Crippen LogP contribution is -2.29. The number of pyridine rings is 1. The SMILES string of the molecule is C[n+]1cccc([C@@H]2C(C#N)=C(N)Oc3cc(O)ccc32)c1. The quantitative estimate of drug-likeness (QED) is 0.774. The highest BCUT2D eigenvalue weighted by Crippen LogP contribution is 2.42. The molecule has 0 radical (unpaired) electrons. The molecule has 0 saturated carbocycles. The number of hydrogen-bond donors (Lipinski definition) is 2. The van der Waals surface area contributed by atoms with Crippen molar-refractivity contribution >= 4 is 0 Å². The lowest BCUT2D eigenvalue weighted by Gasteiger charge is -2.25. The Morgan fingerprint density at radius 3 is 2.90 bits per heavy atom. The van der Waals surface area contributed by atoms with Crippen LogP contribution in [0.25, 0.3) is 0 Å². The number of hydrogen-bond acceptors (Lipinski definition) is 4. The van der Waals surface area contributed by atoms with Gasteiger partial charge in [0.25, 0.3) is 0 Å². The largest absolute Gasteiger partial charge is 0.508 e. The average Bonchev–Trinajstić information content (AvgIpc) is 2.45. The van der Waals surface area contributed by atoms with Crippen LogP contribution in [0.3, 0.4) is 0 Å². The number of nitrogens with two attached hydrogens (primary N) is 1. The van der Waals surface area contributed by atoms with Crippen LogP contribution in [0.15, 0.2) is 54.2 Å². The van der Waals surface area contributed by atoms with E-state index < -0.39 is 0 Å². The molecule has 0 saturated heterocycles. The van der Waals surface area contributed by atoms with Crippen LogP contribution in [-0.4, -0.2) is 5.11 Å². The van der Waals surface area contributed by atoms with Gasteiger partial charge < -0.3 is 15.6 Å². The second kappa shape index (κ2) is 4.84. The molecule has 1 atom stereocenters. The molecule has 1 aliphatic heterocycles. The van der Waals surface area contributed by atoms with Crippen molar-refractivity contribution in [2.24, 2.45) is 12.8 Å². The summed E-state index contributed by atoms with van der Waals surface area (Å²) in [6.45, 7) is 0. The smallest absolute Gasteiger partial charge is 0.205 e. The van der Waals surface area contributed by atoms with E-state index >= 15 is 0 Å². The Labute approximate surface area is 122 Å². The number of nitrogens with zero attached hydrogens (tertiary/aromatic N) is 2. The monoisotopic (exact) mass is 280 g/mol. The molecule has 1 aliphatic rings. The maximum atomic E-state index is 9.59. The molecule has 5 heteroatoms. The van der Waals surface area contributed by atoms with Gasteiger partial charge in [-0.05, 0) is 12.1 Å². The van der Waals surface area contributed by atoms with Crippen molar-refractivity contribution in [3.05, 3.63) is 65.3 Å². The van der Waals surface area contributed by atoms with Crippen LogP contribution >= 0.6 is 0 Å². The van der Waals surface area contributed by atoms with Gasteiger partial charge in [0.15, 0.2) is 12.4 Å². The number of allylic oxidation sites excluding steroid dienone is 1. The van der Waals surface area contributed by atoms with Crippen LogP contribution in [0.5, 0.6) is 11.5 Å². The van der Waals surface area contributed by atoms with Gasteiger partial charge in [-0.15, -0.1) is 0 Å². The van der Waals surface area contributed by atoms with Crippen molar-refractivity contribution in [3.63, 3.8) is 0 Å². The number of fused-ring (bicyclic) bond motifs is 1. The van der Waals surface area contributed by atoms with Gasteiger partial charge in [-0.25, -0.2) is 4.57 Å². The molecule has 5 nitrogen and oxygen atoms in total. The first-order valence-corrected chi connectivity index (χ1v) is 6.46. The van der Waals surface area contributed by atoms with Gasteiger partial charge in [0.2, 0.25) is 5.88 Å². The van der Waals surface area contributed by atoms with Crippen molar-refractivity contribution < 1.29 is 14.4 Å². The number of phenolic OH excluding ortho intramolecular Hbond substituents is 1. The van der Waals surface area contributed by atoms with Gasteiger partial charge in [0.1, 0.15) is 30.2 Å². The molecule has 3 rings (SSSR count). The minimum Gasteiger partial charge on any atom is -0.508 e. The number of aryl methyl sites for hydroxylation is 1. The second-order valence-corrected chi connectivity index (χ2v) is 4.95. The number of benzene rings is 1. The summed E-state index contributed by atoms with van der Waals surface area (Å²) in [5, 5.41) is 19.0. The van der Waals surface area contributed by atoms with E-state index in [1.54, 1.807) is 12.1 Å². The van der Waals surface area contributed by atoms with Gasteiger partial charge in [-0.1, -0.05) is 6.07 Å². The van der Waals surface area contributed by atoms with Crippen molar-refractivity contribution in [1.29, 1.82) is 5.26 Å². The third-order valence-electron chi connectivity index (χ3n) is 3.50.